The summed E-state index contributed by atoms with van der Waals surface area (Å²) in [6.07, 6.45) is 2.33. The van der Waals surface area contributed by atoms with Crippen LogP contribution < -0.4 is 5.73 Å². The molecular weight excluding hydrogens is 457 g/mol. The van der Waals surface area contributed by atoms with E-state index in [1.54, 1.807) is 19.1 Å². The fourth-order valence-electron chi connectivity index (χ4n) is 3.84. The average Bonchev–Trinajstić information content (AvgIpc) is 2.73. The molecule has 1 atom stereocenters. The fourth-order valence-corrected chi connectivity index (χ4v) is 5.47. The molecule has 1 aliphatic heterocycles. The summed E-state index contributed by atoms with van der Waals surface area (Å²) in [6.45, 7) is 4.25. The molecule has 32 heavy (non-hydrogen) atoms. The van der Waals surface area contributed by atoms with Gasteiger partial charge in [0.15, 0.2) is 0 Å². The highest BCUT2D eigenvalue weighted by Gasteiger charge is 2.34. The summed E-state index contributed by atoms with van der Waals surface area (Å²) in [5, 5.41) is 27.8. The van der Waals surface area contributed by atoms with Crippen molar-refractivity contribution in [2.75, 3.05) is 32.7 Å². The van der Waals surface area contributed by atoms with Crippen LogP contribution in [-0.2, 0) is 14.8 Å². The second kappa shape index (κ2) is 11.8. The van der Waals surface area contributed by atoms with Crippen molar-refractivity contribution in [3.63, 3.8) is 0 Å². The lowest BCUT2D eigenvalue weighted by Gasteiger charge is -2.34. The Bertz CT molecular complexity index is 880. The maximum Gasteiger partial charge on any atom is 0.451 e. The molecular formula is C20H33BClN3O6S. The largest absolute Gasteiger partial charge is 0.480 e. The summed E-state index contributed by atoms with van der Waals surface area (Å²) in [7, 11) is -4.97. The molecule has 0 spiro atoms. The molecule has 0 radical (unpaired) electrons. The van der Waals surface area contributed by atoms with Gasteiger partial charge in [-0.05, 0) is 62.8 Å². The third-order valence-electron chi connectivity index (χ3n) is 5.96. The van der Waals surface area contributed by atoms with Crippen molar-refractivity contribution in [3.8, 4) is 0 Å². The molecule has 5 N–H and O–H groups in total. The molecule has 0 aliphatic carbocycles. The first-order chi connectivity index (χ1) is 15.0. The first-order valence-electron chi connectivity index (χ1n) is 10.8. The highest BCUT2D eigenvalue weighted by atomic mass is 35.5. The van der Waals surface area contributed by atoms with Crippen LogP contribution in [0.3, 0.4) is 0 Å². The van der Waals surface area contributed by atoms with E-state index in [4.69, 9.17) is 27.4 Å². The average molecular weight is 490 g/mol. The second-order valence-electron chi connectivity index (χ2n) is 8.45. The molecule has 0 saturated carbocycles. The van der Waals surface area contributed by atoms with Crippen LogP contribution in [-0.4, -0.2) is 84.1 Å². The molecule has 1 aromatic rings. The van der Waals surface area contributed by atoms with Crippen LogP contribution >= 0.6 is 11.6 Å². The number of aliphatic carboxylic acids is 1. The van der Waals surface area contributed by atoms with Gasteiger partial charge in [-0.1, -0.05) is 24.4 Å². The SMILES string of the molecule is Cc1cc(S(=O)(=O)N2CCN(CCCC(N)(CCCCB(O)O)C(=O)O)CC2)ccc1Cl. The zero-order valence-corrected chi connectivity index (χ0v) is 20.0. The Kier molecular flexibility index (Phi) is 9.95. The van der Waals surface area contributed by atoms with Gasteiger partial charge in [0.05, 0.1) is 4.90 Å². The number of unbranched alkanes of at least 4 members (excludes halogenated alkanes) is 1. The van der Waals surface area contributed by atoms with E-state index in [2.05, 4.69) is 4.90 Å². The van der Waals surface area contributed by atoms with Gasteiger partial charge in [-0.15, -0.1) is 0 Å². The normalized spacial score (nSPS) is 17.8. The summed E-state index contributed by atoms with van der Waals surface area (Å²) >= 11 is 6.00. The zero-order chi connectivity index (χ0) is 23.9. The van der Waals surface area contributed by atoms with Gasteiger partial charge in [-0.2, -0.15) is 4.31 Å². The van der Waals surface area contributed by atoms with Crippen molar-refractivity contribution in [1.29, 1.82) is 0 Å². The van der Waals surface area contributed by atoms with Crippen LogP contribution in [0.2, 0.25) is 11.3 Å². The predicted octanol–water partition coefficient (Wildman–Crippen LogP) is 1.16. The molecule has 1 aliphatic rings. The van der Waals surface area contributed by atoms with E-state index in [9.17, 15) is 18.3 Å². The molecule has 12 heteroatoms. The Labute approximate surface area is 195 Å². The minimum absolute atomic E-state index is 0.193. The number of carbonyl (C=O) groups is 1. The summed E-state index contributed by atoms with van der Waals surface area (Å²) in [5.41, 5.74) is 5.46. The lowest BCUT2D eigenvalue weighted by molar-refractivity contribution is -0.144. The molecule has 0 aromatic heterocycles. The summed E-state index contributed by atoms with van der Waals surface area (Å²) in [4.78, 5) is 14.0. The molecule has 180 valence electrons. The number of nitrogens with two attached hydrogens (primary N) is 1. The molecule has 2 rings (SSSR count). The van der Waals surface area contributed by atoms with E-state index in [0.29, 0.717) is 69.0 Å². The molecule has 0 bridgehead atoms. The van der Waals surface area contributed by atoms with Crippen LogP contribution in [0.25, 0.3) is 0 Å². The van der Waals surface area contributed by atoms with Crippen LogP contribution in [0.1, 0.15) is 37.7 Å². The number of carboxylic acids is 1. The van der Waals surface area contributed by atoms with E-state index >= 15 is 0 Å². The predicted molar refractivity (Wildman–Crippen MR) is 124 cm³/mol. The van der Waals surface area contributed by atoms with Crippen molar-refractivity contribution in [2.45, 2.75) is 55.8 Å². The maximum atomic E-state index is 12.9. The number of nitrogens with zero attached hydrogens (tertiary/aromatic N) is 2. The van der Waals surface area contributed by atoms with Crippen molar-refractivity contribution in [3.05, 3.63) is 28.8 Å². The third kappa shape index (κ3) is 7.41. The number of aryl methyl sites for hydroxylation is 1. The molecule has 1 aromatic carbocycles. The Hall–Kier alpha value is -1.21. The van der Waals surface area contributed by atoms with Crippen LogP contribution in [0.15, 0.2) is 23.1 Å². The lowest BCUT2D eigenvalue weighted by atomic mass is 9.81. The Morgan fingerprint density at radius 1 is 1.16 bits per heavy atom. The monoisotopic (exact) mass is 489 g/mol. The van der Waals surface area contributed by atoms with E-state index < -0.39 is 28.6 Å². The lowest BCUT2D eigenvalue weighted by Crippen LogP contribution is -2.50. The van der Waals surface area contributed by atoms with Gasteiger partial charge >= 0.3 is 13.1 Å². The zero-order valence-electron chi connectivity index (χ0n) is 18.4. The summed E-state index contributed by atoms with van der Waals surface area (Å²) < 4.78 is 27.3. The minimum Gasteiger partial charge on any atom is -0.480 e. The van der Waals surface area contributed by atoms with Gasteiger partial charge in [-0.3, -0.25) is 4.79 Å². The van der Waals surface area contributed by atoms with Gasteiger partial charge in [0.25, 0.3) is 0 Å². The van der Waals surface area contributed by atoms with Crippen molar-refractivity contribution < 1.29 is 28.4 Å². The van der Waals surface area contributed by atoms with E-state index in [1.165, 1.54) is 10.4 Å². The maximum absolute atomic E-state index is 12.9. The number of piperazine rings is 1. The smallest absolute Gasteiger partial charge is 0.451 e. The van der Waals surface area contributed by atoms with E-state index in [0.717, 1.165) is 0 Å². The van der Waals surface area contributed by atoms with Gasteiger partial charge in [0.2, 0.25) is 10.0 Å². The van der Waals surface area contributed by atoms with Gasteiger partial charge < -0.3 is 25.8 Å². The van der Waals surface area contributed by atoms with Crippen LogP contribution in [0, 0.1) is 6.92 Å². The Balaban J connectivity index is 1.82. The van der Waals surface area contributed by atoms with Crippen LogP contribution in [0.5, 0.6) is 0 Å². The number of sulfonamides is 1. The Morgan fingerprint density at radius 3 is 2.34 bits per heavy atom. The van der Waals surface area contributed by atoms with Crippen molar-refractivity contribution in [2.24, 2.45) is 5.73 Å². The van der Waals surface area contributed by atoms with E-state index in [-0.39, 0.29) is 17.6 Å². The molecule has 9 nitrogen and oxygen atoms in total. The minimum atomic E-state index is -3.58. The van der Waals surface area contributed by atoms with E-state index in [1.807, 2.05) is 0 Å². The van der Waals surface area contributed by atoms with Crippen molar-refractivity contribution in [1.82, 2.24) is 9.21 Å². The number of halogens is 1. The van der Waals surface area contributed by atoms with Crippen LogP contribution in [0.4, 0.5) is 0 Å². The molecule has 1 saturated heterocycles. The van der Waals surface area contributed by atoms with Gasteiger partial charge in [0.1, 0.15) is 5.54 Å². The number of rotatable bonds is 12. The molecule has 1 heterocycles. The topological polar surface area (TPSA) is 144 Å². The number of hydrogen-bond acceptors (Lipinski definition) is 7. The second-order valence-corrected chi connectivity index (χ2v) is 10.8. The molecule has 0 amide bonds. The number of benzene rings is 1. The first kappa shape index (κ1) is 27.0. The Morgan fingerprint density at radius 2 is 1.78 bits per heavy atom. The third-order valence-corrected chi connectivity index (χ3v) is 8.28. The summed E-state index contributed by atoms with van der Waals surface area (Å²) in [5.74, 6) is -1.06. The standard InChI is InChI=1S/C20H33BClN3O6S/c1-16-15-17(5-6-18(16)22)32(30,31)25-13-11-24(12-14-25)10-4-8-20(23,19(26)27)7-2-3-9-21(28)29/h5-6,15,28-29H,2-4,7-14,23H2,1H3,(H,26,27). The number of hydrogen-bond donors (Lipinski definition) is 4. The highest BCUT2D eigenvalue weighted by Crippen LogP contribution is 2.24. The quantitative estimate of drug-likeness (QED) is 0.253. The number of carboxylic acid groups (broad SMARTS) is 1. The summed E-state index contributed by atoms with van der Waals surface area (Å²) in [6, 6.07) is 4.69. The van der Waals surface area contributed by atoms with Gasteiger partial charge in [-0.25, -0.2) is 8.42 Å². The van der Waals surface area contributed by atoms with Gasteiger partial charge in [0, 0.05) is 31.2 Å². The highest BCUT2D eigenvalue weighted by molar-refractivity contribution is 7.89. The first-order valence-corrected chi connectivity index (χ1v) is 12.6. The van der Waals surface area contributed by atoms with Crippen molar-refractivity contribution >= 4 is 34.7 Å². The fraction of sp³-hybridized carbons (Fsp3) is 0.650. The molecule has 1 unspecified atom stereocenters. The molecule has 1 fully saturated rings.